The van der Waals surface area contributed by atoms with Crippen LogP contribution in [-0.2, 0) is 7.05 Å². The Morgan fingerprint density at radius 1 is 0.969 bits per heavy atom. The quantitative estimate of drug-likeness (QED) is 0.380. The Morgan fingerprint density at radius 2 is 1.62 bits per heavy atom. The standard InChI is InChI=1S/C27H28ClN3O/c1-15(2)23-25(29-5)21-14-20(18-10-7-16(3)8-11-18)24(30-26(21)31(6)27(23)32)19-12-9-17(4)13-22(19)28/h7-15,29H,1-6H3. The smallest absolute Gasteiger partial charge is 0.257 e. The summed E-state index contributed by atoms with van der Waals surface area (Å²) in [5, 5.41) is 4.83. The number of anilines is 1. The van der Waals surface area contributed by atoms with Gasteiger partial charge in [0.15, 0.2) is 0 Å². The molecular formula is C27H28ClN3O. The highest BCUT2D eigenvalue weighted by atomic mass is 35.5. The number of hydrogen-bond acceptors (Lipinski definition) is 3. The van der Waals surface area contributed by atoms with E-state index in [0.29, 0.717) is 10.7 Å². The molecule has 4 nitrogen and oxygen atoms in total. The van der Waals surface area contributed by atoms with Gasteiger partial charge in [-0.15, -0.1) is 0 Å². The zero-order valence-electron chi connectivity index (χ0n) is 19.4. The van der Waals surface area contributed by atoms with E-state index in [1.54, 1.807) is 11.6 Å². The predicted molar refractivity (Wildman–Crippen MR) is 136 cm³/mol. The third kappa shape index (κ3) is 3.69. The molecule has 0 radical (unpaired) electrons. The molecule has 0 bridgehead atoms. The molecule has 4 aromatic rings. The summed E-state index contributed by atoms with van der Waals surface area (Å²) in [5.41, 5.74) is 8.12. The van der Waals surface area contributed by atoms with E-state index in [1.807, 2.05) is 46.0 Å². The van der Waals surface area contributed by atoms with Gasteiger partial charge in [-0.1, -0.05) is 67.4 Å². The van der Waals surface area contributed by atoms with Crippen LogP contribution in [0.3, 0.4) is 0 Å². The number of nitrogens with one attached hydrogen (secondary N) is 1. The maximum absolute atomic E-state index is 13.2. The van der Waals surface area contributed by atoms with Crippen LogP contribution in [-0.4, -0.2) is 16.6 Å². The summed E-state index contributed by atoms with van der Waals surface area (Å²) in [5.74, 6) is 0.0783. The number of nitrogens with zero attached hydrogens (tertiary/aromatic N) is 2. The Morgan fingerprint density at radius 3 is 2.22 bits per heavy atom. The second-order valence-corrected chi connectivity index (χ2v) is 9.07. The van der Waals surface area contributed by atoms with E-state index >= 15 is 0 Å². The van der Waals surface area contributed by atoms with Crippen molar-refractivity contribution in [3.63, 3.8) is 0 Å². The number of rotatable bonds is 4. The molecule has 2 aromatic heterocycles. The Kier molecular flexibility index (Phi) is 5.83. The van der Waals surface area contributed by atoms with Crippen LogP contribution >= 0.6 is 11.6 Å². The molecular weight excluding hydrogens is 418 g/mol. The summed E-state index contributed by atoms with van der Waals surface area (Å²) >= 11 is 6.68. The molecule has 0 spiro atoms. The first-order valence-corrected chi connectivity index (χ1v) is 11.2. The lowest BCUT2D eigenvalue weighted by atomic mass is 9.94. The Labute approximate surface area is 193 Å². The van der Waals surface area contributed by atoms with Crippen LogP contribution in [0.5, 0.6) is 0 Å². The third-order valence-corrected chi connectivity index (χ3v) is 6.28. The highest BCUT2D eigenvalue weighted by Gasteiger charge is 2.21. The number of halogens is 1. The normalized spacial score (nSPS) is 11.4. The van der Waals surface area contributed by atoms with E-state index in [0.717, 1.165) is 44.6 Å². The van der Waals surface area contributed by atoms with E-state index in [4.69, 9.17) is 16.6 Å². The van der Waals surface area contributed by atoms with Gasteiger partial charge in [0.05, 0.1) is 16.4 Å². The van der Waals surface area contributed by atoms with Gasteiger partial charge in [-0.05, 0) is 43.0 Å². The summed E-state index contributed by atoms with van der Waals surface area (Å²) in [6, 6.07) is 16.5. The zero-order valence-corrected chi connectivity index (χ0v) is 20.1. The van der Waals surface area contributed by atoms with Crippen molar-refractivity contribution in [3.05, 3.63) is 80.6 Å². The van der Waals surface area contributed by atoms with Crippen LogP contribution < -0.4 is 10.9 Å². The lowest BCUT2D eigenvalue weighted by molar-refractivity contribution is 0.798. The van der Waals surface area contributed by atoms with Gasteiger partial charge in [0, 0.05) is 36.2 Å². The molecule has 1 N–H and O–H groups in total. The van der Waals surface area contributed by atoms with E-state index in [2.05, 4.69) is 42.6 Å². The minimum Gasteiger partial charge on any atom is -0.387 e. The molecule has 0 unspecified atom stereocenters. The highest BCUT2D eigenvalue weighted by molar-refractivity contribution is 6.33. The van der Waals surface area contributed by atoms with E-state index in [-0.39, 0.29) is 11.5 Å². The number of aryl methyl sites for hydroxylation is 3. The fraction of sp³-hybridized carbons (Fsp3) is 0.259. The molecule has 0 amide bonds. The molecule has 0 saturated carbocycles. The topological polar surface area (TPSA) is 46.9 Å². The van der Waals surface area contributed by atoms with Gasteiger partial charge in [0.25, 0.3) is 5.56 Å². The van der Waals surface area contributed by atoms with Crippen molar-refractivity contribution in [2.24, 2.45) is 7.05 Å². The first-order chi connectivity index (χ1) is 15.2. The summed E-state index contributed by atoms with van der Waals surface area (Å²) < 4.78 is 1.65. The molecule has 0 saturated heterocycles. The highest BCUT2D eigenvalue weighted by Crippen LogP contribution is 2.39. The molecule has 0 aliphatic carbocycles. The second kappa shape index (κ2) is 8.44. The first kappa shape index (κ1) is 22.1. The van der Waals surface area contributed by atoms with Crippen LogP contribution in [0, 0.1) is 13.8 Å². The van der Waals surface area contributed by atoms with Gasteiger partial charge in [0.1, 0.15) is 5.65 Å². The van der Waals surface area contributed by atoms with Crippen molar-refractivity contribution in [2.45, 2.75) is 33.6 Å². The number of hydrogen-bond donors (Lipinski definition) is 1. The number of pyridine rings is 2. The number of fused-ring (bicyclic) bond motifs is 1. The Bertz CT molecular complexity index is 1390. The van der Waals surface area contributed by atoms with Gasteiger partial charge in [-0.2, -0.15) is 0 Å². The van der Waals surface area contributed by atoms with Gasteiger partial charge < -0.3 is 5.32 Å². The lowest BCUT2D eigenvalue weighted by Gasteiger charge is -2.20. The van der Waals surface area contributed by atoms with Gasteiger partial charge in [0.2, 0.25) is 0 Å². The van der Waals surface area contributed by atoms with Gasteiger partial charge in [-0.3, -0.25) is 9.36 Å². The van der Waals surface area contributed by atoms with Crippen LogP contribution in [0.4, 0.5) is 5.69 Å². The van der Waals surface area contributed by atoms with Crippen molar-refractivity contribution in [3.8, 4) is 22.4 Å². The fourth-order valence-electron chi connectivity index (χ4n) is 4.25. The van der Waals surface area contributed by atoms with E-state index in [9.17, 15) is 4.79 Å². The largest absolute Gasteiger partial charge is 0.387 e. The van der Waals surface area contributed by atoms with Crippen LogP contribution in [0.2, 0.25) is 5.02 Å². The second-order valence-electron chi connectivity index (χ2n) is 8.66. The van der Waals surface area contributed by atoms with Crippen LogP contribution in [0.15, 0.2) is 53.3 Å². The monoisotopic (exact) mass is 445 g/mol. The minimum absolute atomic E-state index is 0.0339. The average Bonchev–Trinajstić information content (AvgIpc) is 2.75. The molecule has 0 aliphatic rings. The van der Waals surface area contributed by atoms with Crippen molar-refractivity contribution in [2.75, 3.05) is 12.4 Å². The molecule has 2 aromatic carbocycles. The van der Waals surface area contributed by atoms with Gasteiger partial charge in [-0.25, -0.2) is 4.98 Å². The molecule has 2 heterocycles. The van der Waals surface area contributed by atoms with Gasteiger partial charge >= 0.3 is 0 Å². The Hall–Kier alpha value is -3.11. The summed E-state index contributed by atoms with van der Waals surface area (Å²) in [6.07, 6.45) is 0. The van der Waals surface area contributed by atoms with Crippen molar-refractivity contribution < 1.29 is 0 Å². The average molecular weight is 446 g/mol. The lowest BCUT2D eigenvalue weighted by Crippen LogP contribution is -2.25. The van der Waals surface area contributed by atoms with E-state index < -0.39 is 0 Å². The van der Waals surface area contributed by atoms with Crippen molar-refractivity contribution >= 4 is 28.3 Å². The SMILES string of the molecule is CNc1c(C(C)C)c(=O)n(C)c2nc(-c3ccc(C)cc3Cl)c(-c3ccc(C)cc3)cc12. The van der Waals surface area contributed by atoms with Crippen molar-refractivity contribution in [1.29, 1.82) is 0 Å². The molecule has 32 heavy (non-hydrogen) atoms. The molecule has 0 atom stereocenters. The molecule has 4 rings (SSSR count). The molecule has 0 fully saturated rings. The molecule has 5 heteroatoms. The minimum atomic E-state index is -0.0339. The first-order valence-electron chi connectivity index (χ1n) is 10.8. The van der Waals surface area contributed by atoms with Crippen LogP contribution in [0.25, 0.3) is 33.4 Å². The maximum atomic E-state index is 13.2. The molecule has 164 valence electrons. The summed E-state index contributed by atoms with van der Waals surface area (Å²) in [6.45, 7) is 8.17. The number of aromatic nitrogens is 2. The van der Waals surface area contributed by atoms with Crippen LogP contribution in [0.1, 0.15) is 36.5 Å². The fourth-order valence-corrected chi connectivity index (χ4v) is 4.57. The number of benzene rings is 2. The summed E-state index contributed by atoms with van der Waals surface area (Å²) in [7, 11) is 3.64. The summed E-state index contributed by atoms with van der Waals surface area (Å²) in [4.78, 5) is 18.3. The Balaban J connectivity index is 2.18. The third-order valence-electron chi connectivity index (χ3n) is 5.96. The van der Waals surface area contributed by atoms with Crippen molar-refractivity contribution in [1.82, 2.24) is 9.55 Å². The maximum Gasteiger partial charge on any atom is 0.257 e. The zero-order chi connectivity index (χ0) is 23.2. The predicted octanol–water partition coefficient (Wildman–Crippen LogP) is 6.70. The molecule has 0 aliphatic heterocycles. The van der Waals surface area contributed by atoms with E-state index in [1.165, 1.54) is 5.56 Å².